The minimum absolute atomic E-state index is 0.108. The molecule has 3 aromatic heterocycles. The second-order valence-electron chi connectivity index (χ2n) is 5.46. The van der Waals surface area contributed by atoms with E-state index in [1.807, 2.05) is 31.7 Å². The van der Waals surface area contributed by atoms with Gasteiger partial charge in [-0.05, 0) is 36.2 Å². The van der Waals surface area contributed by atoms with Crippen LogP contribution in [-0.2, 0) is 13.5 Å². The molecule has 0 aliphatic carbocycles. The van der Waals surface area contributed by atoms with Crippen LogP contribution < -0.4 is 5.32 Å². The fourth-order valence-electron chi connectivity index (χ4n) is 2.33. The maximum atomic E-state index is 12.6. The van der Waals surface area contributed by atoms with Gasteiger partial charge in [-0.1, -0.05) is 0 Å². The lowest BCUT2D eigenvalue weighted by Crippen LogP contribution is -2.30. The maximum Gasteiger partial charge on any atom is 0.255 e. The van der Waals surface area contributed by atoms with Crippen LogP contribution >= 0.6 is 22.7 Å². The van der Waals surface area contributed by atoms with Gasteiger partial charge in [-0.2, -0.15) is 16.4 Å². The zero-order valence-corrected chi connectivity index (χ0v) is 14.9. The highest BCUT2D eigenvalue weighted by Gasteiger charge is 2.21. The SMILES string of the molecule is Cc1csc(C(Cc2ccsc2)NC(=O)c2cnn(C)c2C)n1. The topological polar surface area (TPSA) is 59.8 Å². The molecule has 3 aromatic rings. The zero-order chi connectivity index (χ0) is 16.4. The molecular weight excluding hydrogens is 328 g/mol. The molecule has 0 saturated heterocycles. The third kappa shape index (κ3) is 3.51. The van der Waals surface area contributed by atoms with Gasteiger partial charge in [-0.3, -0.25) is 9.48 Å². The number of aromatic nitrogens is 3. The van der Waals surface area contributed by atoms with Crippen molar-refractivity contribution in [1.82, 2.24) is 20.1 Å². The summed E-state index contributed by atoms with van der Waals surface area (Å²) in [5, 5.41) is 14.4. The van der Waals surface area contributed by atoms with Crippen LogP contribution in [0.2, 0.25) is 0 Å². The number of amides is 1. The summed E-state index contributed by atoms with van der Waals surface area (Å²) in [7, 11) is 1.83. The summed E-state index contributed by atoms with van der Waals surface area (Å²) in [4.78, 5) is 17.2. The van der Waals surface area contributed by atoms with E-state index < -0.39 is 0 Å². The molecule has 7 heteroatoms. The Kier molecular flexibility index (Phi) is 4.58. The van der Waals surface area contributed by atoms with Gasteiger partial charge in [0.05, 0.1) is 17.8 Å². The van der Waals surface area contributed by atoms with E-state index in [0.717, 1.165) is 22.8 Å². The van der Waals surface area contributed by atoms with E-state index in [9.17, 15) is 4.79 Å². The van der Waals surface area contributed by atoms with Crippen molar-refractivity contribution in [3.63, 3.8) is 0 Å². The van der Waals surface area contributed by atoms with Crippen molar-refractivity contribution in [3.8, 4) is 0 Å². The summed E-state index contributed by atoms with van der Waals surface area (Å²) in [5.41, 5.74) is 3.64. The van der Waals surface area contributed by atoms with Crippen LogP contribution in [0.3, 0.4) is 0 Å². The van der Waals surface area contributed by atoms with Crippen LogP contribution in [-0.4, -0.2) is 20.7 Å². The van der Waals surface area contributed by atoms with Crippen molar-refractivity contribution >= 4 is 28.6 Å². The minimum atomic E-state index is -0.129. The largest absolute Gasteiger partial charge is 0.342 e. The van der Waals surface area contributed by atoms with Crippen LogP contribution in [0.4, 0.5) is 0 Å². The number of carbonyl (C=O) groups excluding carboxylic acids is 1. The molecule has 0 aliphatic rings. The van der Waals surface area contributed by atoms with Gasteiger partial charge in [0, 0.05) is 30.2 Å². The van der Waals surface area contributed by atoms with E-state index in [0.29, 0.717) is 5.56 Å². The lowest BCUT2D eigenvalue weighted by Gasteiger charge is -2.16. The van der Waals surface area contributed by atoms with Gasteiger partial charge in [-0.15, -0.1) is 11.3 Å². The van der Waals surface area contributed by atoms with Gasteiger partial charge in [0.15, 0.2) is 0 Å². The summed E-state index contributed by atoms with van der Waals surface area (Å²) >= 11 is 3.24. The van der Waals surface area contributed by atoms with Crippen molar-refractivity contribution in [2.75, 3.05) is 0 Å². The monoisotopic (exact) mass is 346 g/mol. The van der Waals surface area contributed by atoms with Crippen LogP contribution in [0.1, 0.15) is 38.4 Å². The highest BCUT2D eigenvalue weighted by Crippen LogP contribution is 2.24. The molecule has 0 spiro atoms. The number of hydrogen-bond donors (Lipinski definition) is 1. The standard InChI is InChI=1S/C16H18N4OS2/c1-10-8-23-16(18-10)14(6-12-4-5-22-9-12)19-15(21)13-7-17-20(3)11(13)2/h4-5,7-9,14H,6H2,1-3H3,(H,19,21). The highest BCUT2D eigenvalue weighted by molar-refractivity contribution is 7.09. The van der Waals surface area contributed by atoms with E-state index in [1.165, 1.54) is 5.56 Å². The summed E-state index contributed by atoms with van der Waals surface area (Å²) in [6.45, 7) is 3.86. The average molecular weight is 346 g/mol. The quantitative estimate of drug-likeness (QED) is 0.771. The van der Waals surface area contributed by atoms with E-state index >= 15 is 0 Å². The Morgan fingerprint density at radius 3 is 2.78 bits per heavy atom. The molecule has 1 amide bonds. The Labute approximate surface area is 143 Å². The summed E-state index contributed by atoms with van der Waals surface area (Å²) < 4.78 is 1.70. The summed E-state index contributed by atoms with van der Waals surface area (Å²) in [6.07, 6.45) is 2.35. The zero-order valence-electron chi connectivity index (χ0n) is 13.2. The van der Waals surface area contributed by atoms with Crippen molar-refractivity contribution < 1.29 is 4.79 Å². The molecule has 23 heavy (non-hydrogen) atoms. The molecule has 0 saturated carbocycles. The number of thiazole rings is 1. The Balaban J connectivity index is 1.83. The van der Waals surface area contributed by atoms with Crippen LogP contribution in [0.5, 0.6) is 0 Å². The molecule has 0 radical (unpaired) electrons. The van der Waals surface area contributed by atoms with Crippen molar-refractivity contribution in [2.24, 2.45) is 7.05 Å². The van der Waals surface area contributed by atoms with Gasteiger partial charge >= 0.3 is 0 Å². The number of carbonyl (C=O) groups is 1. The first kappa shape index (κ1) is 15.9. The number of nitrogens with zero attached hydrogens (tertiary/aromatic N) is 3. The Morgan fingerprint density at radius 1 is 1.39 bits per heavy atom. The van der Waals surface area contributed by atoms with Gasteiger partial charge < -0.3 is 5.32 Å². The third-order valence-corrected chi connectivity index (χ3v) is 5.55. The normalized spacial score (nSPS) is 12.3. The Bertz CT molecular complexity index is 804. The number of thiophene rings is 1. The molecule has 0 fully saturated rings. The molecule has 120 valence electrons. The number of hydrogen-bond acceptors (Lipinski definition) is 5. The molecule has 1 atom stereocenters. The first-order valence-electron chi connectivity index (χ1n) is 7.27. The first-order chi connectivity index (χ1) is 11.0. The smallest absolute Gasteiger partial charge is 0.255 e. The molecule has 0 aromatic carbocycles. The van der Waals surface area contributed by atoms with E-state index in [2.05, 4.69) is 26.8 Å². The second-order valence-corrected chi connectivity index (χ2v) is 7.13. The summed E-state index contributed by atoms with van der Waals surface area (Å²) in [5.74, 6) is -0.108. The maximum absolute atomic E-state index is 12.6. The third-order valence-electron chi connectivity index (χ3n) is 3.74. The average Bonchev–Trinajstić information content (AvgIpc) is 3.23. The number of rotatable bonds is 5. The predicted octanol–water partition coefficient (Wildman–Crippen LogP) is 3.27. The van der Waals surface area contributed by atoms with Gasteiger partial charge in [0.1, 0.15) is 5.01 Å². The second kappa shape index (κ2) is 6.64. The molecule has 0 bridgehead atoms. The van der Waals surface area contributed by atoms with Gasteiger partial charge in [-0.25, -0.2) is 4.98 Å². The molecule has 1 unspecified atom stereocenters. The fraction of sp³-hybridized carbons (Fsp3) is 0.312. The number of nitrogens with one attached hydrogen (secondary N) is 1. The Morgan fingerprint density at radius 2 is 2.22 bits per heavy atom. The molecular formula is C16H18N4OS2. The number of aryl methyl sites for hydroxylation is 2. The lowest BCUT2D eigenvalue weighted by molar-refractivity contribution is 0.0935. The lowest BCUT2D eigenvalue weighted by atomic mass is 10.1. The predicted molar refractivity (Wildman–Crippen MR) is 93.0 cm³/mol. The first-order valence-corrected chi connectivity index (χ1v) is 9.09. The van der Waals surface area contributed by atoms with Crippen molar-refractivity contribution in [3.05, 3.63) is 55.9 Å². The highest BCUT2D eigenvalue weighted by atomic mass is 32.1. The van der Waals surface area contributed by atoms with Crippen molar-refractivity contribution in [2.45, 2.75) is 26.3 Å². The fourth-order valence-corrected chi connectivity index (χ4v) is 3.86. The van der Waals surface area contributed by atoms with E-state index in [1.54, 1.807) is 33.6 Å². The van der Waals surface area contributed by atoms with Crippen LogP contribution in [0.25, 0.3) is 0 Å². The van der Waals surface area contributed by atoms with E-state index in [-0.39, 0.29) is 11.9 Å². The van der Waals surface area contributed by atoms with Crippen LogP contribution in [0, 0.1) is 13.8 Å². The van der Waals surface area contributed by atoms with Gasteiger partial charge in [0.25, 0.3) is 5.91 Å². The summed E-state index contributed by atoms with van der Waals surface area (Å²) in [6, 6.07) is 1.95. The minimum Gasteiger partial charge on any atom is -0.342 e. The van der Waals surface area contributed by atoms with Gasteiger partial charge in [0.2, 0.25) is 0 Å². The molecule has 0 aliphatic heterocycles. The molecule has 1 N–H and O–H groups in total. The molecule has 3 heterocycles. The molecule has 5 nitrogen and oxygen atoms in total. The van der Waals surface area contributed by atoms with E-state index in [4.69, 9.17) is 0 Å². The van der Waals surface area contributed by atoms with Crippen LogP contribution in [0.15, 0.2) is 28.4 Å². The Hall–Kier alpha value is -1.99. The van der Waals surface area contributed by atoms with Crippen molar-refractivity contribution in [1.29, 1.82) is 0 Å². The molecule has 3 rings (SSSR count).